The Morgan fingerprint density at radius 2 is 2.04 bits per heavy atom. The number of likely N-dealkylation sites (tertiary alicyclic amines) is 1. The van der Waals surface area contributed by atoms with Gasteiger partial charge in [-0.15, -0.1) is 12.4 Å². The van der Waals surface area contributed by atoms with Crippen LogP contribution in [0.4, 0.5) is 0 Å². The van der Waals surface area contributed by atoms with Gasteiger partial charge in [0.15, 0.2) is 0 Å². The third-order valence-corrected chi connectivity index (χ3v) is 4.83. The predicted molar refractivity (Wildman–Crippen MR) is 106 cm³/mol. The van der Waals surface area contributed by atoms with Crippen LogP contribution < -0.4 is 16.7 Å². The number of carbonyl (C=O) groups excluding carboxylic acids is 2. The number of fused-ring (bicyclic) bond motifs is 1. The molecule has 27 heavy (non-hydrogen) atoms. The molecule has 1 unspecified atom stereocenters. The first kappa shape index (κ1) is 21.0. The van der Waals surface area contributed by atoms with Crippen molar-refractivity contribution in [3.63, 3.8) is 0 Å². The number of imidazole rings is 1. The van der Waals surface area contributed by atoms with Crippen LogP contribution in [0.3, 0.4) is 0 Å². The summed E-state index contributed by atoms with van der Waals surface area (Å²) in [5.74, 6) is -0.201. The second-order valence-corrected chi connectivity index (χ2v) is 6.61. The van der Waals surface area contributed by atoms with E-state index in [1.165, 1.54) is 4.57 Å². The largest absolute Gasteiger partial charge is 0.354 e. The summed E-state index contributed by atoms with van der Waals surface area (Å²) in [4.78, 5) is 41.3. The summed E-state index contributed by atoms with van der Waals surface area (Å²) in [6.07, 6.45) is 3.08. The Balaban J connectivity index is 0.00000261. The SMILES string of the molecule is Cl.NCCC(=O)NCC1CCCCN1C(=O)Cn1c(=O)[nH]c2ccccc21. The number of rotatable bonds is 6. The lowest BCUT2D eigenvalue weighted by Crippen LogP contribution is -2.50. The van der Waals surface area contributed by atoms with Crippen LogP contribution >= 0.6 is 12.4 Å². The number of piperidine rings is 1. The van der Waals surface area contributed by atoms with Gasteiger partial charge in [0.05, 0.1) is 11.0 Å². The summed E-state index contributed by atoms with van der Waals surface area (Å²) in [6.45, 7) is 1.37. The number of amides is 2. The maximum Gasteiger partial charge on any atom is 0.326 e. The summed E-state index contributed by atoms with van der Waals surface area (Å²) in [5.41, 5.74) is 6.54. The molecule has 1 saturated heterocycles. The first-order chi connectivity index (χ1) is 12.6. The van der Waals surface area contributed by atoms with Gasteiger partial charge >= 0.3 is 5.69 Å². The van der Waals surface area contributed by atoms with E-state index in [1.54, 1.807) is 4.90 Å². The molecule has 2 aromatic rings. The van der Waals surface area contributed by atoms with Crippen molar-refractivity contribution in [2.75, 3.05) is 19.6 Å². The van der Waals surface area contributed by atoms with Gasteiger partial charge in [0, 0.05) is 32.1 Å². The second-order valence-electron chi connectivity index (χ2n) is 6.61. The molecule has 148 valence electrons. The summed E-state index contributed by atoms with van der Waals surface area (Å²) >= 11 is 0. The molecule has 4 N–H and O–H groups in total. The van der Waals surface area contributed by atoms with Crippen molar-refractivity contribution in [2.45, 2.75) is 38.3 Å². The predicted octanol–water partition coefficient (Wildman–Crippen LogP) is 0.598. The lowest BCUT2D eigenvalue weighted by molar-refractivity contribution is -0.136. The molecule has 9 heteroatoms. The molecule has 1 aromatic heterocycles. The van der Waals surface area contributed by atoms with E-state index in [0.29, 0.717) is 19.6 Å². The van der Waals surface area contributed by atoms with E-state index < -0.39 is 0 Å². The third kappa shape index (κ3) is 4.90. The van der Waals surface area contributed by atoms with Crippen molar-refractivity contribution >= 4 is 35.3 Å². The number of aromatic nitrogens is 2. The molecule has 3 rings (SSSR count). The van der Waals surface area contributed by atoms with E-state index in [4.69, 9.17) is 5.73 Å². The van der Waals surface area contributed by atoms with Crippen LogP contribution in [0.15, 0.2) is 29.1 Å². The fraction of sp³-hybridized carbons (Fsp3) is 0.500. The first-order valence-electron chi connectivity index (χ1n) is 9.04. The highest BCUT2D eigenvalue weighted by Crippen LogP contribution is 2.18. The van der Waals surface area contributed by atoms with Gasteiger partial charge in [0.2, 0.25) is 11.8 Å². The number of benzene rings is 1. The zero-order chi connectivity index (χ0) is 18.5. The molecule has 0 radical (unpaired) electrons. The van der Waals surface area contributed by atoms with Crippen molar-refractivity contribution < 1.29 is 9.59 Å². The summed E-state index contributed by atoms with van der Waals surface area (Å²) in [5, 5.41) is 2.85. The van der Waals surface area contributed by atoms with E-state index in [2.05, 4.69) is 10.3 Å². The molecule has 0 saturated carbocycles. The van der Waals surface area contributed by atoms with Gasteiger partial charge < -0.3 is 20.9 Å². The minimum atomic E-state index is -0.288. The zero-order valence-corrected chi connectivity index (χ0v) is 16.0. The number of aromatic amines is 1. The molecule has 2 amide bonds. The molecule has 0 aliphatic carbocycles. The van der Waals surface area contributed by atoms with Gasteiger partial charge in [-0.3, -0.25) is 14.2 Å². The number of hydrogen-bond acceptors (Lipinski definition) is 4. The van der Waals surface area contributed by atoms with Crippen molar-refractivity contribution in [3.05, 3.63) is 34.7 Å². The van der Waals surface area contributed by atoms with Gasteiger partial charge in [0.1, 0.15) is 6.54 Å². The van der Waals surface area contributed by atoms with Gasteiger partial charge in [-0.2, -0.15) is 0 Å². The fourth-order valence-corrected chi connectivity index (χ4v) is 3.48. The van der Waals surface area contributed by atoms with E-state index in [0.717, 1.165) is 30.3 Å². The topological polar surface area (TPSA) is 113 Å². The highest BCUT2D eigenvalue weighted by Gasteiger charge is 2.27. The van der Waals surface area contributed by atoms with Crippen molar-refractivity contribution in [1.82, 2.24) is 19.8 Å². The number of para-hydroxylation sites is 2. The molecule has 0 bridgehead atoms. The Morgan fingerprint density at radius 1 is 1.26 bits per heavy atom. The maximum absolute atomic E-state index is 12.9. The molecule has 1 aromatic carbocycles. The number of hydrogen-bond donors (Lipinski definition) is 3. The third-order valence-electron chi connectivity index (χ3n) is 4.83. The molecule has 1 aliphatic rings. The van der Waals surface area contributed by atoms with Gasteiger partial charge in [-0.1, -0.05) is 12.1 Å². The standard InChI is InChI=1S/C18H25N5O3.ClH/c19-9-8-16(24)20-11-13-5-3-4-10-22(13)17(25)12-23-15-7-2-1-6-14(15)21-18(23)26;/h1-2,6-7,13H,3-5,8-12,19H2,(H,20,24)(H,21,26);1H. The number of H-pyrrole nitrogens is 1. The van der Waals surface area contributed by atoms with E-state index in [-0.39, 0.29) is 48.9 Å². The van der Waals surface area contributed by atoms with E-state index in [9.17, 15) is 14.4 Å². The van der Waals surface area contributed by atoms with Crippen LogP contribution in [0.1, 0.15) is 25.7 Å². The Kier molecular flexibility index (Phi) is 7.44. The van der Waals surface area contributed by atoms with E-state index >= 15 is 0 Å². The molecular weight excluding hydrogens is 370 g/mol. The van der Waals surface area contributed by atoms with Crippen LogP contribution in [0.2, 0.25) is 0 Å². The molecule has 1 atom stereocenters. The minimum absolute atomic E-state index is 0. The molecule has 1 fully saturated rings. The zero-order valence-electron chi connectivity index (χ0n) is 15.1. The Hall–Kier alpha value is -2.32. The molecule has 2 heterocycles. The van der Waals surface area contributed by atoms with Crippen LogP contribution in [-0.4, -0.2) is 51.9 Å². The van der Waals surface area contributed by atoms with Crippen molar-refractivity contribution in [2.24, 2.45) is 5.73 Å². The molecular formula is C18H26ClN5O3. The first-order valence-corrected chi connectivity index (χ1v) is 9.04. The van der Waals surface area contributed by atoms with Crippen LogP contribution in [0, 0.1) is 0 Å². The number of halogens is 1. The number of carbonyl (C=O) groups is 2. The second kappa shape index (κ2) is 9.57. The fourth-order valence-electron chi connectivity index (χ4n) is 3.48. The summed E-state index contributed by atoms with van der Waals surface area (Å²) < 4.78 is 1.47. The number of nitrogens with two attached hydrogens (primary N) is 1. The minimum Gasteiger partial charge on any atom is -0.354 e. The average molecular weight is 396 g/mol. The highest BCUT2D eigenvalue weighted by atomic mass is 35.5. The quantitative estimate of drug-likeness (QED) is 0.664. The van der Waals surface area contributed by atoms with Gasteiger partial charge in [-0.25, -0.2) is 4.79 Å². The lowest BCUT2D eigenvalue weighted by atomic mass is 10.0. The average Bonchev–Trinajstić information content (AvgIpc) is 2.96. The Morgan fingerprint density at radius 3 is 2.81 bits per heavy atom. The smallest absolute Gasteiger partial charge is 0.326 e. The highest BCUT2D eigenvalue weighted by molar-refractivity contribution is 5.85. The van der Waals surface area contributed by atoms with Crippen molar-refractivity contribution in [1.29, 1.82) is 0 Å². The van der Waals surface area contributed by atoms with Crippen LogP contribution in [0.5, 0.6) is 0 Å². The maximum atomic E-state index is 12.9. The molecule has 0 spiro atoms. The summed E-state index contributed by atoms with van der Waals surface area (Å²) in [6, 6.07) is 7.27. The normalized spacial score (nSPS) is 16.8. The molecule has 1 aliphatic heterocycles. The lowest BCUT2D eigenvalue weighted by Gasteiger charge is -2.36. The molecule has 8 nitrogen and oxygen atoms in total. The number of nitrogens with zero attached hydrogens (tertiary/aromatic N) is 2. The van der Waals surface area contributed by atoms with Crippen LogP contribution in [0.25, 0.3) is 11.0 Å². The van der Waals surface area contributed by atoms with Gasteiger partial charge in [-0.05, 0) is 31.4 Å². The summed E-state index contributed by atoms with van der Waals surface area (Å²) in [7, 11) is 0. The van der Waals surface area contributed by atoms with Crippen LogP contribution in [-0.2, 0) is 16.1 Å². The number of nitrogens with one attached hydrogen (secondary N) is 2. The monoisotopic (exact) mass is 395 g/mol. The Bertz CT molecular complexity index is 847. The van der Waals surface area contributed by atoms with Crippen molar-refractivity contribution in [3.8, 4) is 0 Å². The van der Waals surface area contributed by atoms with Gasteiger partial charge in [0.25, 0.3) is 0 Å². The van der Waals surface area contributed by atoms with E-state index in [1.807, 2.05) is 24.3 Å². The Labute approximate surface area is 163 Å².